The van der Waals surface area contributed by atoms with Crippen LogP contribution in [0.1, 0.15) is 12.8 Å². The zero-order valence-electron chi connectivity index (χ0n) is 8.56. The average molecular weight is 262 g/mol. The Hall–Kier alpha value is -0.720. The van der Waals surface area contributed by atoms with Crippen LogP contribution >= 0.6 is 11.6 Å². The minimum atomic E-state index is -3.38. The highest BCUT2D eigenvalue weighted by molar-refractivity contribution is 7.92. The first-order chi connectivity index (χ1) is 7.60. The summed E-state index contributed by atoms with van der Waals surface area (Å²) in [5, 5.41) is 2.64. The van der Waals surface area contributed by atoms with Crippen molar-refractivity contribution in [2.45, 2.75) is 23.1 Å². The number of piperidine rings is 1. The summed E-state index contributed by atoms with van der Waals surface area (Å²) < 4.78 is 24.3. The van der Waals surface area contributed by atoms with Gasteiger partial charge in [-0.2, -0.15) is 0 Å². The molecule has 0 bridgehead atoms. The van der Waals surface area contributed by atoms with Gasteiger partial charge >= 0.3 is 0 Å². The number of hydrogen-bond donors (Lipinski definition) is 1. The molecule has 2 rings (SSSR count). The highest BCUT2D eigenvalue weighted by Gasteiger charge is 2.30. The van der Waals surface area contributed by atoms with Crippen molar-refractivity contribution in [1.29, 1.82) is 0 Å². The summed E-state index contributed by atoms with van der Waals surface area (Å²) in [5.74, 6) is 0. The summed E-state index contributed by atoms with van der Waals surface area (Å²) in [6.07, 6.45) is 2.89. The Morgan fingerprint density at radius 1 is 1.50 bits per heavy atom. The van der Waals surface area contributed by atoms with Crippen molar-refractivity contribution in [2.24, 2.45) is 0 Å². The van der Waals surface area contributed by atoms with E-state index in [1.54, 1.807) is 0 Å². The van der Waals surface area contributed by atoms with Crippen molar-refractivity contribution >= 4 is 21.4 Å². The van der Waals surface area contributed by atoms with Crippen LogP contribution in [0.2, 0.25) is 5.28 Å². The smallest absolute Gasteiger partial charge is 0.223 e. The lowest BCUT2D eigenvalue weighted by atomic mass is 10.2. The largest absolute Gasteiger partial charge is 0.315 e. The highest BCUT2D eigenvalue weighted by Crippen LogP contribution is 2.19. The maximum atomic E-state index is 12.2. The molecule has 7 heteroatoms. The third-order valence-corrected chi connectivity index (χ3v) is 4.86. The molecule has 2 heterocycles. The zero-order chi connectivity index (χ0) is 11.6. The van der Waals surface area contributed by atoms with E-state index >= 15 is 0 Å². The molecule has 5 nitrogen and oxygen atoms in total. The second kappa shape index (κ2) is 4.65. The maximum absolute atomic E-state index is 12.2. The Bertz CT molecular complexity index is 471. The lowest BCUT2D eigenvalue weighted by Gasteiger charge is -2.22. The van der Waals surface area contributed by atoms with Crippen LogP contribution in [0.4, 0.5) is 0 Å². The lowest BCUT2D eigenvalue weighted by molar-refractivity contribution is 0.495. The number of sulfone groups is 1. The van der Waals surface area contributed by atoms with E-state index in [0.717, 1.165) is 13.0 Å². The van der Waals surface area contributed by atoms with Gasteiger partial charge in [0.25, 0.3) is 0 Å². The Morgan fingerprint density at radius 3 is 2.94 bits per heavy atom. The molecule has 1 saturated heterocycles. The van der Waals surface area contributed by atoms with Gasteiger partial charge in [-0.3, -0.25) is 0 Å². The van der Waals surface area contributed by atoms with Gasteiger partial charge in [0.1, 0.15) is 0 Å². The first-order valence-electron chi connectivity index (χ1n) is 5.04. The van der Waals surface area contributed by atoms with E-state index in [9.17, 15) is 8.42 Å². The second-order valence-corrected chi connectivity index (χ2v) is 6.19. The first kappa shape index (κ1) is 11.8. The van der Waals surface area contributed by atoms with Crippen LogP contribution < -0.4 is 5.32 Å². The molecule has 0 spiro atoms. The topological polar surface area (TPSA) is 72.0 Å². The van der Waals surface area contributed by atoms with Crippen LogP contribution in [0.3, 0.4) is 0 Å². The van der Waals surface area contributed by atoms with Crippen molar-refractivity contribution < 1.29 is 8.42 Å². The van der Waals surface area contributed by atoms with E-state index in [0.29, 0.717) is 13.0 Å². The molecule has 1 atom stereocenters. The Labute approximate surface area is 99.2 Å². The Balaban J connectivity index is 2.30. The number of rotatable bonds is 2. The number of nitrogens with one attached hydrogen (secondary N) is 1. The molecule has 0 saturated carbocycles. The predicted octanol–water partition coefficient (Wildman–Crippen LogP) is 0.656. The molecule has 88 valence electrons. The quantitative estimate of drug-likeness (QED) is 0.625. The van der Waals surface area contributed by atoms with Gasteiger partial charge in [-0.1, -0.05) is 0 Å². The zero-order valence-corrected chi connectivity index (χ0v) is 10.1. The highest BCUT2D eigenvalue weighted by atomic mass is 35.5. The molecule has 0 aliphatic carbocycles. The molecule has 1 aromatic heterocycles. The molecular formula is C9H12ClN3O2S. The van der Waals surface area contributed by atoms with Gasteiger partial charge in [0, 0.05) is 12.7 Å². The van der Waals surface area contributed by atoms with Crippen molar-refractivity contribution in [3.05, 3.63) is 17.5 Å². The van der Waals surface area contributed by atoms with Gasteiger partial charge < -0.3 is 5.32 Å². The summed E-state index contributed by atoms with van der Waals surface area (Å²) in [5.41, 5.74) is 0. The van der Waals surface area contributed by atoms with E-state index in [2.05, 4.69) is 15.3 Å². The van der Waals surface area contributed by atoms with Crippen molar-refractivity contribution in [3.8, 4) is 0 Å². The van der Waals surface area contributed by atoms with Crippen LogP contribution in [-0.4, -0.2) is 36.7 Å². The molecule has 16 heavy (non-hydrogen) atoms. The van der Waals surface area contributed by atoms with Crippen LogP contribution in [0.25, 0.3) is 0 Å². The normalized spacial score (nSPS) is 21.9. The molecule has 0 amide bonds. The predicted molar refractivity (Wildman–Crippen MR) is 60.1 cm³/mol. The monoisotopic (exact) mass is 261 g/mol. The Kier molecular flexibility index (Phi) is 3.41. The summed E-state index contributed by atoms with van der Waals surface area (Å²) in [7, 11) is -3.38. The summed E-state index contributed by atoms with van der Waals surface area (Å²) in [6.45, 7) is 1.35. The third-order valence-electron chi connectivity index (χ3n) is 2.58. The van der Waals surface area contributed by atoms with Crippen LogP contribution in [0.15, 0.2) is 17.3 Å². The molecule has 1 N–H and O–H groups in total. The average Bonchev–Trinajstić information content (AvgIpc) is 2.30. The molecule has 0 radical (unpaired) electrons. The minimum absolute atomic E-state index is 0.0150. The van der Waals surface area contributed by atoms with Crippen molar-refractivity contribution in [3.63, 3.8) is 0 Å². The second-order valence-electron chi connectivity index (χ2n) is 3.68. The van der Waals surface area contributed by atoms with Gasteiger partial charge in [-0.15, -0.1) is 0 Å². The third kappa shape index (κ3) is 2.34. The van der Waals surface area contributed by atoms with E-state index in [4.69, 9.17) is 11.6 Å². The number of nitrogens with zero attached hydrogens (tertiary/aromatic N) is 2. The summed E-state index contributed by atoms with van der Waals surface area (Å²) in [6, 6.07) is 1.38. The lowest BCUT2D eigenvalue weighted by Crippen LogP contribution is -2.39. The van der Waals surface area contributed by atoms with E-state index in [1.807, 2.05) is 0 Å². The fraction of sp³-hybridized carbons (Fsp3) is 0.556. The molecular weight excluding hydrogens is 250 g/mol. The summed E-state index contributed by atoms with van der Waals surface area (Å²) in [4.78, 5) is 7.43. The molecule has 1 fully saturated rings. The van der Waals surface area contributed by atoms with Crippen LogP contribution in [0.5, 0.6) is 0 Å². The van der Waals surface area contributed by atoms with Gasteiger partial charge in [-0.05, 0) is 37.1 Å². The summed E-state index contributed by atoms with van der Waals surface area (Å²) >= 11 is 5.59. The SMILES string of the molecule is O=S(=O)(c1ccnc(Cl)n1)[C@@H]1CCCNC1. The Morgan fingerprint density at radius 2 is 2.31 bits per heavy atom. The van der Waals surface area contributed by atoms with E-state index < -0.39 is 15.1 Å². The van der Waals surface area contributed by atoms with Crippen LogP contribution in [-0.2, 0) is 9.84 Å². The van der Waals surface area contributed by atoms with Gasteiger partial charge in [0.05, 0.1) is 5.25 Å². The minimum Gasteiger partial charge on any atom is -0.315 e. The maximum Gasteiger partial charge on any atom is 0.223 e. The molecule has 0 aromatic carbocycles. The van der Waals surface area contributed by atoms with E-state index in [1.165, 1.54) is 12.3 Å². The number of aromatic nitrogens is 2. The molecule has 1 aliphatic heterocycles. The van der Waals surface area contributed by atoms with Gasteiger partial charge in [0.15, 0.2) is 14.9 Å². The van der Waals surface area contributed by atoms with Gasteiger partial charge in [-0.25, -0.2) is 18.4 Å². The first-order valence-corrected chi connectivity index (χ1v) is 6.96. The van der Waals surface area contributed by atoms with Crippen molar-refractivity contribution in [2.75, 3.05) is 13.1 Å². The van der Waals surface area contributed by atoms with E-state index in [-0.39, 0.29) is 10.3 Å². The van der Waals surface area contributed by atoms with Gasteiger partial charge in [0.2, 0.25) is 5.28 Å². The van der Waals surface area contributed by atoms with Crippen LogP contribution in [0, 0.1) is 0 Å². The number of hydrogen-bond acceptors (Lipinski definition) is 5. The van der Waals surface area contributed by atoms with Crippen molar-refractivity contribution in [1.82, 2.24) is 15.3 Å². The molecule has 0 unspecified atom stereocenters. The molecule has 1 aromatic rings. The fourth-order valence-electron chi connectivity index (χ4n) is 1.73. The molecule has 1 aliphatic rings. The fourth-order valence-corrected chi connectivity index (χ4v) is 3.55. The standard InChI is InChI=1S/C9H12ClN3O2S/c10-9-12-5-3-8(13-9)16(14,15)7-2-1-4-11-6-7/h3,5,7,11H,1-2,4,6H2/t7-/m1/s1. The number of halogens is 1.